The van der Waals surface area contributed by atoms with Gasteiger partial charge in [0.25, 0.3) is 5.91 Å². The number of nitriles is 1. The van der Waals surface area contributed by atoms with E-state index in [1.54, 1.807) is 13.2 Å². The van der Waals surface area contributed by atoms with Crippen LogP contribution in [0.25, 0.3) is 11.3 Å². The lowest BCUT2D eigenvalue weighted by atomic mass is 10.1. The highest BCUT2D eigenvalue weighted by Gasteiger charge is 2.15. The maximum atomic E-state index is 12.2. The average Bonchev–Trinajstić information content (AvgIpc) is 3.24. The fourth-order valence-electron chi connectivity index (χ4n) is 1.98. The lowest BCUT2D eigenvalue weighted by Gasteiger charge is -2.04. The molecule has 114 valence electrons. The number of benzene rings is 1. The smallest absolute Gasteiger partial charge is 0.275 e. The van der Waals surface area contributed by atoms with Gasteiger partial charge in [0.15, 0.2) is 5.13 Å². The van der Waals surface area contributed by atoms with E-state index < -0.39 is 0 Å². The van der Waals surface area contributed by atoms with Crippen LogP contribution < -0.4 is 10.1 Å². The van der Waals surface area contributed by atoms with Gasteiger partial charge in [-0.1, -0.05) is 23.5 Å². The largest absolute Gasteiger partial charge is 0.496 e. The first-order chi connectivity index (χ1) is 11.2. The number of hydrogen-bond donors (Lipinski definition) is 2. The summed E-state index contributed by atoms with van der Waals surface area (Å²) in [6, 6.07) is 11.0. The molecule has 0 radical (unpaired) electrons. The monoisotopic (exact) mass is 325 g/mol. The molecular weight excluding hydrogens is 314 g/mol. The quantitative estimate of drug-likeness (QED) is 0.767. The molecule has 0 saturated carbocycles. The normalized spacial score (nSPS) is 10.1. The van der Waals surface area contributed by atoms with Crippen molar-refractivity contribution < 1.29 is 9.53 Å². The Hall–Kier alpha value is -3.18. The average molecular weight is 325 g/mol. The molecule has 2 aromatic heterocycles. The summed E-state index contributed by atoms with van der Waals surface area (Å²) >= 11 is 1.11. The Labute approximate surface area is 135 Å². The van der Waals surface area contributed by atoms with Crippen molar-refractivity contribution in [2.75, 3.05) is 12.4 Å². The summed E-state index contributed by atoms with van der Waals surface area (Å²) in [4.78, 5) is 16.6. The number of carbonyl (C=O) groups is 1. The summed E-state index contributed by atoms with van der Waals surface area (Å²) < 4.78 is 5.29. The number of rotatable bonds is 4. The van der Waals surface area contributed by atoms with E-state index in [1.807, 2.05) is 30.3 Å². The number of ether oxygens (including phenoxy) is 1. The maximum absolute atomic E-state index is 12.2. The number of nitrogens with one attached hydrogen (secondary N) is 2. The molecule has 23 heavy (non-hydrogen) atoms. The van der Waals surface area contributed by atoms with E-state index in [2.05, 4.69) is 20.5 Å². The number of amides is 1. The van der Waals surface area contributed by atoms with E-state index in [0.717, 1.165) is 16.9 Å². The lowest BCUT2D eigenvalue weighted by Crippen LogP contribution is -2.11. The van der Waals surface area contributed by atoms with Crippen molar-refractivity contribution in [3.05, 3.63) is 47.1 Å². The van der Waals surface area contributed by atoms with Gasteiger partial charge >= 0.3 is 0 Å². The molecule has 3 rings (SSSR count). The number of carbonyl (C=O) groups excluding carboxylic acids is 1. The van der Waals surface area contributed by atoms with E-state index >= 15 is 0 Å². The minimum atomic E-state index is -0.377. The van der Waals surface area contributed by atoms with Crippen molar-refractivity contribution in [2.24, 2.45) is 0 Å². The summed E-state index contributed by atoms with van der Waals surface area (Å²) in [5, 5.41) is 18.6. The number of nitrogens with zero attached hydrogens (tertiary/aromatic N) is 3. The van der Waals surface area contributed by atoms with Crippen LogP contribution in [0.4, 0.5) is 5.13 Å². The molecule has 0 bridgehead atoms. The molecule has 2 heterocycles. The van der Waals surface area contributed by atoms with Crippen LogP contribution in [-0.2, 0) is 0 Å². The molecule has 0 saturated heterocycles. The van der Waals surface area contributed by atoms with Crippen molar-refractivity contribution >= 4 is 22.4 Å². The van der Waals surface area contributed by atoms with E-state index in [-0.39, 0.29) is 5.91 Å². The van der Waals surface area contributed by atoms with Gasteiger partial charge in [-0.05, 0) is 18.2 Å². The third-order valence-electron chi connectivity index (χ3n) is 3.04. The van der Waals surface area contributed by atoms with Gasteiger partial charge in [-0.15, -0.1) is 0 Å². The molecule has 0 aliphatic carbocycles. The van der Waals surface area contributed by atoms with Gasteiger partial charge in [0.05, 0.1) is 19.0 Å². The van der Waals surface area contributed by atoms with E-state index in [1.165, 1.54) is 6.20 Å². The molecule has 8 heteroatoms. The lowest BCUT2D eigenvalue weighted by molar-refractivity contribution is 0.102. The summed E-state index contributed by atoms with van der Waals surface area (Å²) in [6.07, 6.45) is 1.41. The van der Waals surface area contributed by atoms with Gasteiger partial charge in [-0.2, -0.15) is 10.4 Å². The Balaban J connectivity index is 1.81. The van der Waals surface area contributed by atoms with Crippen LogP contribution in [0.1, 0.15) is 15.4 Å². The van der Waals surface area contributed by atoms with Gasteiger partial charge < -0.3 is 4.74 Å². The molecule has 0 aliphatic rings. The van der Waals surface area contributed by atoms with Crippen molar-refractivity contribution in [1.82, 2.24) is 15.2 Å². The highest BCUT2D eigenvalue weighted by atomic mass is 32.1. The molecule has 1 amide bonds. The van der Waals surface area contributed by atoms with E-state index in [9.17, 15) is 4.79 Å². The first-order valence-corrected chi connectivity index (χ1v) is 7.39. The molecule has 3 aromatic rings. The first kappa shape index (κ1) is 14.7. The molecule has 0 unspecified atom stereocenters. The molecule has 0 spiro atoms. The Morgan fingerprint density at radius 2 is 2.26 bits per heavy atom. The number of anilines is 1. The SMILES string of the molecule is COc1ccccc1-c1cc(C(=O)Nc2ncc(C#N)s2)[nH]n1. The topological polar surface area (TPSA) is 104 Å². The van der Waals surface area contributed by atoms with E-state index in [4.69, 9.17) is 10.00 Å². The Morgan fingerprint density at radius 3 is 3.00 bits per heavy atom. The zero-order chi connectivity index (χ0) is 16.2. The molecule has 2 N–H and O–H groups in total. The second-order valence-electron chi connectivity index (χ2n) is 4.46. The number of methoxy groups -OCH3 is 1. The van der Waals surface area contributed by atoms with Gasteiger partial charge in [0.1, 0.15) is 22.4 Å². The van der Waals surface area contributed by atoms with Gasteiger partial charge in [-0.25, -0.2) is 4.98 Å². The van der Waals surface area contributed by atoms with Crippen molar-refractivity contribution in [3.63, 3.8) is 0 Å². The second-order valence-corrected chi connectivity index (χ2v) is 5.49. The van der Waals surface area contributed by atoms with Gasteiger partial charge in [-0.3, -0.25) is 15.2 Å². The standard InChI is InChI=1S/C15H11N5O2S/c1-22-13-5-3-2-4-10(13)11-6-12(20-19-11)14(21)18-15-17-8-9(7-16)23-15/h2-6,8H,1H3,(H,19,20)(H,17,18,21). The number of H-pyrrole nitrogens is 1. The molecule has 0 fully saturated rings. The zero-order valence-corrected chi connectivity index (χ0v) is 12.8. The van der Waals surface area contributed by atoms with Crippen LogP contribution in [0.15, 0.2) is 36.5 Å². The molecule has 0 aliphatic heterocycles. The van der Waals surface area contributed by atoms with Crippen LogP contribution in [0.5, 0.6) is 5.75 Å². The second kappa shape index (κ2) is 6.29. The number of aromatic nitrogens is 3. The van der Waals surface area contributed by atoms with Crippen molar-refractivity contribution in [3.8, 4) is 23.1 Å². The van der Waals surface area contributed by atoms with E-state index in [0.29, 0.717) is 27.1 Å². The van der Waals surface area contributed by atoms with Crippen LogP contribution in [0.2, 0.25) is 0 Å². The summed E-state index contributed by atoms with van der Waals surface area (Å²) in [5.74, 6) is 0.294. The van der Waals surface area contributed by atoms with Gasteiger partial charge in [0.2, 0.25) is 0 Å². The Morgan fingerprint density at radius 1 is 1.43 bits per heavy atom. The zero-order valence-electron chi connectivity index (χ0n) is 12.0. The fraction of sp³-hybridized carbons (Fsp3) is 0.0667. The molecule has 7 nitrogen and oxygen atoms in total. The minimum Gasteiger partial charge on any atom is -0.496 e. The summed E-state index contributed by atoms with van der Waals surface area (Å²) in [7, 11) is 1.58. The maximum Gasteiger partial charge on any atom is 0.275 e. The molecule has 0 atom stereocenters. The third kappa shape index (κ3) is 3.04. The Kier molecular flexibility index (Phi) is 4.03. The predicted octanol–water partition coefficient (Wildman–Crippen LogP) is 2.67. The van der Waals surface area contributed by atoms with Crippen LogP contribution in [0.3, 0.4) is 0 Å². The first-order valence-electron chi connectivity index (χ1n) is 6.57. The summed E-state index contributed by atoms with van der Waals surface area (Å²) in [6.45, 7) is 0. The van der Waals surface area contributed by atoms with Crippen molar-refractivity contribution in [1.29, 1.82) is 5.26 Å². The van der Waals surface area contributed by atoms with Crippen LogP contribution >= 0.6 is 11.3 Å². The fourth-order valence-corrected chi connectivity index (χ4v) is 2.59. The predicted molar refractivity (Wildman–Crippen MR) is 85.4 cm³/mol. The number of hydrogen-bond acceptors (Lipinski definition) is 6. The number of para-hydroxylation sites is 1. The molecule has 1 aromatic carbocycles. The number of aromatic amines is 1. The van der Waals surface area contributed by atoms with Crippen LogP contribution in [0, 0.1) is 11.3 Å². The van der Waals surface area contributed by atoms with Crippen molar-refractivity contribution in [2.45, 2.75) is 0 Å². The Bertz CT molecular complexity index is 893. The minimum absolute atomic E-state index is 0.291. The van der Waals surface area contributed by atoms with Gasteiger partial charge in [0, 0.05) is 5.56 Å². The highest BCUT2D eigenvalue weighted by Crippen LogP contribution is 2.28. The summed E-state index contributed by atoms with van der Waals surface area (Å²) in [5.41, 5.74) is 1.68. The highest BCUT2D eigenvalue weighted by molar-refractivity contribution is 7.16. The third-order valence-corrected chi connectivity index (χ3v) is 3.86. The van der Waals surface area contributed by atoms with Crippen LogP contribution in [-0.4, -0.2) is 28.2 Å². The molecular formula is C15H11N5O2S. The number of thiazole rings is 1.